The Morgan fingerprint density at radius 3 is 1.88 bits per heavy atom. The van der Waals surface area contributed by atoms with Crippen LogP contribution in [0.3, 0.4) is 0 Å². The second kappa shape index (κ2) is 6.48. The first-order valence-corrected chi connectivity index (χ1v) is 8.26. The van der Waals surface area contributed by atoms with E-state index in [1.165, 1.54) is 0 Å². The minimum atomic E-state index is -0.310. The van der Waals surface area contributed by atoms with E-state index in [1.54, 1.807) is 13.8 Å². The fourth-order valence-electron chi connectivity index (χ4n) is 3.21. The Labute approximate surface area is 142 Å². The van der Waals surface area contributed by atoms with Crippen molar-refractivity contribution in [2.24, 2.45) is 11.8 Å². The molecule has 1 aliphatic rings. The lowest BCUT2D eigenvalue weighted by atomic mass is 9.85. The molecule has 0 spiro atoms. The van der Waals surface area contributed by atoms with Gasteiger partial charge in [-0.15, -0.1) is 0 Å². The highest BCUT2D eigenvalue weighted by molar-refractivity contribution is 5.88. The summed E-state index contributed by atoms with van der Waals surface area (Å²) in [6.45, 7) is 3.58. The fourth-order valence-corrected chi connectivity index (χ4v) is 3.21. The van der Waals surface area contributed by atoms with Crippen molar-refractivity contribution in [3.63, 3.8) is 0 Å². The molecule has 0 aromatic heterocycles. The first kappa shape index (κ1) is 16.2. The minimum Gasteiger partial charge on any atom is -0.273 e. The van der Waals surface area contributed by atoms with Crippen molar-refractivity contribution in [2.75, 3.05) is 0 Å². The van der Waals surface area contributed by atoms with Crippen molar-refractivity contribution in [1.82, 2.24) is 10.9 Å². The molecular formula is C20H22N2O2. The molecule has 0 unspecified atom stereocenters. The van der Waals surface area contributed by atoms with E-state index in [1.807, 2.05) is 36.4 Å². The van der Waals surface area contributed by atoms with Crippen molar-refractivity contribution in [1.29, 1.82) is 0 Å². The molecule has 2 aromatic carbocycles. The molecule has 0 heterocycles. The summed E-state index contributed by atoms with van der Waals surface area (Å²) in [6, 6.07) is 20.2. The van der Waals surface area contributed by atoms with E-state index in [0.717, 1.165) is 17.5 Å². The maximum absolute atomic E-state index is 12.6. The average Bonchev–Trinajstić information content (AvgIpc) is 3.38. The lowest BCUT2D eigenvalue weighted by molar-refractivity contribution is -0.131. The van der Waals surface area contributed by atoms with Gasteiger partial charge in [0.25, 0.3) is 0 Å². The number of benzene rings is 2. The van der Waals surface area contributed by atoms with Gasteiger partial charge in [0.15, 0.2) is 0 Å². The fraction of sp³-hybridized carbons (Fsp3) is 0.300. The smallest absolute Gasteiger partial charge is 0.242 e. The molecule has 1 fully saturated rings. The van der Waals surface area contributed by atoms with E-state index in [4.69, 9.17) is 0 Å². The lowest BCUT2D eigenvalue weighted by Crippen LogP contribution is -2.45. The van der Waals surface area contributed by atoms with Gasteiger partial charge in [-0.2, -0.15) is 0 Å². The zero-order valence-corrected chi connectivity index (χ0v) is 14.0. The molecule has 1 atom stereocenters. The summed E-state index contributed by atoms with van der Waals surface area (Å²) in [5.74, 6) is -0.682. The van der Waals surface area contributed by atoms with Gasteiger partial charge in [-0.05, 0) is 17.5 Å². The number of carbonyl (C=O) groups is 2. The van der Waals surface area contributed by atoms with E-state index < -0.39 is 0 Å². The number of amides is 2. The largest absolute Gasteiger partial charge is 0.273 e. The van der Waals surface area contributed by atoms with E-state index in [0.29, 0.717) is 0 Å². The van der Waals surface area contributed by atoms with Gasteiger partial charge < -0.3 is 0 Å². The second-order valence-corrected chi connectivity index (χ2v) is 6.59. The monoisotopic (exact) mass is 322 g/mol. The molecule has 1 saturated carbocycles. The van der Waals surface area contributed by atoms with Gasteiger partial charge in [0.05, 0.1) is 5.92 Å². The van der Waals surface area contributed by atoms with Gasteiger partial charge in [0, 0.05) is 11.3 Å². The Kier molecular flexibility index (Phi) is 4.38. The van der Waals surface area contributed by atoms with Crippen LogP contribution in [0.5, 0.6) is 0 Å². The highest BCUT2D eigenvalue weighted by atomic mass is 16.2. The minimum absolute atomic E-state index is 0.142. The predicted molar refractivity (Wildman–Crippen MR) is 92.9 cm³/mol. The van der Waals surface area contributed by atoms with Crippen LogP contribution in [0.1, 0.15) is 31.4 Å². The Hall–Kier alpha value is -2.62. The van der Waals surface area contributed by atoms with Crippen LogP contribution in [0.4, 0.5) is 0 Å². The van der Waals surface area contributed by atoms with Crippen LogP contribution in [0, 0.1) is 11.8 Å². The van der Waals surface area contributed by atoms with Gasteiger partial charge in [-0.3, -0.25) is 20.4 Å². The van der Waals surface area contributed by atoms with Gasteiger partial charge in [-0.1, -0.05) is 74.5 Å². The molecule has 1 aliphatic carbocycles. The van der Waals surface area contributed by atoms with E-state index in [2.05, 4.69) is 35.1 Å². The van der Waals surface area contributed by atoms with Crippen LogP contribution in [0.2, 0.25) is 0 Å². The third kappa shape index (κ3) is 2.92. The summed E-state index contributed by atoms with van der Waals surface area (Å²) < 4.78 is 0. The zero-order chi connectivity index (χ0) is 17.2. The van der Waals surface area contributed by atoms with Crippen LogP contribution < -0.4 is 10.9 Å². The maximum Gasteiger partial charge on any atom is 0.242 e. The van der Waals surface area contributed by atoms with Crippen LogP contribution in [-0.2, 0) is 15.0 Å². The molecule has 2 N–H and O–H groups in total. The van der Waals surface area contributed by atoms with Gasteiger partial charge in [0.1, 0.15) is 0 Å². The van der Waals surface area contributed by atoms with E-state index >= 15 is 0 Å². The summed E-state index contributed by atoms with van der Waals surface area (Å²) in [5, 5.41) is 0. The summed E-state index contributed by atoms with van der Waals surface area (Å²) in [5.41, 5.74) is 7.04. The molecule has 2 aromatic rings. The van der Waals surface area contributed by atoms with Gasteiger partial charge in [-0.25, -0.2) is 0 Å². The van der Waals surface area contributed by atoms with Gasteiger partial charge in [0.2, 0.25) is 11.8 Å². The number of hydrazine groups is 1. The molecule has 124 valence electrons. The highest BCUT2D eigenvalue weighted by Crippen LogP contribution is 2.58. The molecule has 3 rings (SSSR count). The number of nitrogens with one attached hydrogen (secondary N) is 2. The standard InChI is InChI=1S/C20H22N2O2/c1-14(2)18(23)21-22-19(24)17-13-20(17,15-9-5-3-6-10-15)16-11-7-4-8-12-16/h3-12,14,17H,13H2,1-2H3,(H,21,23)(H,22,24)/t17-/m1/s1. The van der Waals surface area contributed by atoms with Crippen molar-refractivity contribution >= 4 is 11.8 Å². The summed E-state index contributed by atoms with van der Waals surface area (Å²) in [6.07, 6.45) is 0.740. The van der Waals surface area contributed by atoms with Crippen molar-refractivity contribution in [3.8, 4) is 0 Å². The molecule has 4 nitrogen and oxygen atoms in total. The first-order chi connectivity index (χ1) is 11.6. The second-order valence-electron chi connectivity index (χ2n) is 6.59. The first-order valence-electron chi connectivity index (χ1n) is 8.26. The van der Waals surface area contributed by atoms with Gasteiger partial charge >= 0.3 is 0 Å². The van der Waals surface area contributed by atoms with E-state index in [9.17, 15) is 9.59 Å². The average molecular weight is 322 g/mol. The number of rotatable bonds is 4. The number of hydrogen-bond acceptors (Lipinski definition) is 2. The molecule has 4 heteroatoms. The third-order valence-electron chi connectivity index (χ3n) is 4.69. The molecule has 0 radical (unpaired) electrons. The molecule has 0 aliphatic heterocycles. The third-order valence-corrected chi connectivity index (χ3v) is 4.69. The van der Waals surface area contributed by atoms with Crippen LogP contribution in [0.15, 0.2) is 60.7 Å². The van der Waals surface area contributed by atoms with Crippen LogP contribution >= 0.6 is 0 Å². The summed E-state index contributed by atoms with van der Waals surface area (Å²) in [7, 11) is 0. The Bertz CT molecular complexity index is 686. The van der Waals surface area contributed by atoms with Crippen LogP contribution in [-0.4, -0.2) is 11.8 Å². The molecule has 2 amide bonds. The highest BCUT2D eigenvalue weighted by Gasteiger charge is 2.60. The molecular weight excluding hydrogens is 300 g/mol. The predicted octanol–water partition coefficient (Wildman–Crippen LogP) is 2.80. The van der Waals surface area contributed by atoms with Crippen LogP contribution in [0.25, 0.3) is 0 Å². The normalized spacial score (nSPS) is 18.0. The quantitative estimate of drug-likeness (QED) is 0.851. The van der Waals surface area contributed by atoms with Crippen molar-refractivity contribution < 1.29 is 9.59 Å². The van der Waals surface area contributed by atoms with Crippen molar-refractivity contribution in [2.45, 2.75) is 25.7 Å². The van der Waals surface area contributed by atoms with Crippen molar-refractivity contribution in [3.05, 3.63) is 71.8 Å². The number of hydrogen-bond donors (Lipinski definition) is 2. The lowest BCUT2D eigenvalue weighted by Gasteiger charge is -2.19. The molecule has 0 saturated heterocycles. The SMILES string of the molecule is CC(C)C(=O)NNC(=O)[C@H]1CC1(c1ccccc1)c1ccccc1. The Morgan fingerprint density at radius 1 is 0.917 bits per heavy atom. The maximum atomic E-state index is 12.6. The summed E-state index contributed by atoms with van der Waals surface area (Å²) >= 11 is 0. The summed E-state index contributed by atoms with van der Waals surface area (Å²) in [4.78, 5) is 24.2. The number of carbonyl (C=O) groups excluding carboxylic acids is 2. The van der Waals surface area contributed by atoms with E-state index in [-0.39, 0.29) is 29.1 Å². The Morgan fingerprint density at radius 2 is 1.42 bits per heavy atom. The molecule has 24 heavy (non-hydrogen) atoms. The Balaban J connectivity index is 1.83. The molecule has 0 bridgehead atoms. The topological polar surface area (TPSA) is 58.2 Å². The zero-order valence-electron chi connectivity index (χ0n) is 14.0.